The Morgan fingerprint density at radius 1 is 1.04 bits per heavy atom. The van der Waals surface area contributed by atoms with Gasteiger partial charge in [-0.25, -0.2) is 0 Å². The minimum atomic E-state index is 0.283. The maximum Gasteiger partial charge on any atom is 0.199 e. The third-order valence-electron chi connectivity index (χ3n) is 4.17. The Labute approximate surface area is 159 Å². The average molecular weight is 386 g/mol. The predicted molar refractivity (Wildman–Crippen MR) is 105 cm³/mol. The third kappa shape index (κ3) is 2.77. The molecule has 0 bridgehead atoms. The highest BCUT2D eigenvalue weighted by atomic mass is 35.5. The Morgan fingerprint density at radius 2 is 1.77 bits per heavy atom. The summed E-state index contributed by atoms with van der Waals surface area (Å²) in [6.45, 7) is 0. The van der Waals surface area contributed by atoms with Crippen LogP contribution >= 0.6 is 23.2 Å². The molecule has 0 radical (unpaired) electrons. The molecule has 0 N–H and O–H groups in total. The first kappa shape index (κ1) is 16.8. The van der Waals surface area contributed by atoms with E-state index in [4.69, 9.17) is 32.4 Å². The van der Waals surface area contributed by atoms with Crippen LogP contribution in [0.2, 0.25) is 10.0 Å². The van der Waals surface area contributed by atoms with Crippen LogP contribution in [0.5, 0.6) is 5.75 Å². The van der Waals surface area contributed by atoms with Crippen LogP contribution in [0, 0.1) is 5.21 Å². The molecule has 0 aliphatic heterocycles. The van der Waals surface area contributed by atoms with Crippen LogP contribution in [0.3, 0.4) is 0 Å². The van der Waals surface area contributed by atoms with E-state index >= 15 is 0 Å². The first-order valence-electron chi connectivity index (χ1n) is 7.82. The van der Waals surface area contributed by atoms with Gasteiger partial charge in [-0.2, -0.15) is 4.73 Å². The molecule has 0 saturated heterocycles. The normalized spacial score (nSPS) is 11.7. The van der Waals surface area contributed by atoms with Crippen molar-refractivity contribution in [1.29, 1.82) is 0 Å². The van der Waals surface area contributed by atoms with Crippen molar-refractivity contribution in [2.24, 2.45) is 0 Å². The second-order valence-corrected chi connectivity index (χ2v) is 6.53. The summed E-state index contributed by atoms with van der Waals surface area (Å²) in [5.74, 6) is 0.663. The number of pyridine rings is 1. The van der Waals surface area contributed by atoms with E-state index in [1.165, 1.54) is 12.4 Å². The fraction of sp³-hybridized carbons (Fsp3) is 0.0500. The van der Waals surface area contributed by atoms with Gasteiger partial charge in [-0.05, 0) is 17.7 Å². The number of rotatable bonds is 3. The summed E-state index contributed by atoms with van der Waals surface area (Å²) < 4.78 is 12.0. The number of benzene rings is 2. The molecule has 0 amide bonds. The second-order valence-electron chi connectivity index (χ2n) is 5.72. The van der Waals surface area contributed by atoms with Crippen molar-refractivity contribution in [1.82, 2.24) is 0 Å². The fourth-order valence-electron chi connectivity index (χ4n) is 2.98. The number of halogens is 2. The summed E-state index contributed by atoms with van der Waals surface area (Å²) in [7, 11) is 1.61. The number of aromatic nitrogens is 1. The molecule has 2 aromatic heterocycles. The molecule has 2 aromatic carbocycles. The minimum Gasteiger partial charge on any atom is -0.619 e. The van der Waals surface area contributed by atoms with Gasteiger partial charge in [0.1, 0.15) is 15.6 Å². The van der Waals surface area contributed by atoms with Gasteiger partial charge < -0.3 is 14.4 Å². The van der Waals surface area contributed by atoms with Crippen molar-refractivity contribution in [3.05, 3.63) is 75.2 Å². The first-order valence-corrected chi connectivity index (χ1v) is 8.58. The van der Waals surface area contributed by atoms with Gasteiger partial charge >= 0.3 is 0 Å². The van der Waals surface area contributed by atoms with Crippen LogP contribution in [-0.4, -0.2) is 7.11 Å². The van der Waals surface area contributed by atoms with Crippen molar-refractivity contribution in [3.63, 3.8) is 0 Å². The molecule has 4 rings (SSSR count). The number of methoxy groups -OCH3 is 1. The van der Waals surface area contributed by atoms with E-state index in [0.29, 0.717) is 21.6 Å². The molecule has 0 fully saturated rings. The van der Waals surface area contributed by atoms with Crippen LogP contribution in [0.15, 0.2) is 53.2 Å². The van der Waals surface area contributed by atoms with Gasteiger partial charge in [0, 0.05) is 16.3 Å². The molecule has 26 heavy (non-hydrogen) atoms. The molecule has 0 saturated carbocycles. The van der Waals surface area contributed by atoms with Gasteiger partial charge in [0.2, 0.25) is 0 Å². The zero-order valence-corrected chi connectivity index (χ0v) is 15.2. The summed E-state index contributed by atoms with van der Waals surface area (Å²) in [5.41, 5.74) is 2.97. The van der Waals surface area contributed by atoms with E-state index < -0.39 is 0 Å². The number of hydrogen-bond acceptors (Lipinski definition) is 3. The maximum atomic E-state index is 11.4. The molecular formula is C20H13Cl2NO3. The van der Waals surface area contributed by atoms with Gasteiger partial charge in [0.05, 0.1) is 7.11 Å². The molecule has 0 spiro atoms. The molecule has 4 aromatic rings. The quantitative estimate of drug-likeness (QED) is 0.335. The molecule has 0 atom stereocenters. The standard InChI is InChI=1S/C20H13Cl2NO3/c1-25-18-9-7-12(6-8-13-15(21)10-23(24)11-16(13)22)19-14-4-2-3-5-17(14)26-20(18)19/h2-11H,1H3. The van der Waals surface area contributed by atoms with Crippen LogP contribution in [-0.2, 0) is 0 Å². The number of furan rings is 1. The lowest BCUT2D eigenvalue weighted by molar-refractivity contribution is -0.605. The molecule has 0 aliphatic carbocycles. The zero-order valence-electron chi connectivity index (χ0n) is 13.7. The highest BCUT2D eigenvalue weighted by Gasteiger charge is 2.14. The lowest BCUT2D eigenvalue weighted by atomic mass is 10.0. The van der Waals surface area contributed by atoms with Gasteiger partial charge in [0.25, 0.3) is 0 Å². The van der Waals surface area contributed by atoms with E-state index in [9.17, 15) is 5.21 Å². The van der Waals surface area contributed by atoms with Gasteiger partial charge in [-0.3, -0.25) is 0 Å². The van der Waals surface area contributed by atoms with Crippen LogP contribution in [0.1, 0.15) is 11.1 Å². The Bertz CT molecular complexity index is 1140. The Morgan fingerprint density at radius 3 is 2.50 bits per heavy atom. The number of ether oxygens (including phenoxy) is 1. The summed E-state index contributed by atoms with van der Waals surface area (Å²) >= 11 is 12.3. The number of nitrogens with zero attached hydrogens (tertiary/aromatic N) is 1. The van der Waals surface area contributed by atoms with E-state index in [1.54, 1.807) is 13.2 Å². The zero-order chi connectivity index (χ0) is 18.3. The number of para-hydroxylation sites is 1. The fourth-order valence-corrected chi connectivity index (χ4v) is 3.55. The molecule has 2 heterocycles. The Balaban J connectivity index is 1.93. The van der Waals surface area contributed by atoms with Gasteiger partial charge in [-0.1, -0.05) is 59.6 Å². The molecule has 0 unspecified atom stereocenters. The van der Waals surface area contributed by atoms with E-state index in [2.05, 4.69) is 0 Å². The highest BCUT2D eigenvalue weighted by molar-refractivity contribution is 6.36. The Hall–Kier alpha value is -2.69. The van der Waals surface area contributed by atoms with Crippen LogP contribution < -0.4 is 9.47 Å². The molecule has 6 heteroatoms. The number of hydrogen-bond donors (Lipinski definition) is 0. The van der Waals surface area contributed by atoms with Gasteiger partial charge in [-0.15, -0.1) is 0 Å². The van der Waals surface area contributed by atoms with Gasteiger partial charge in [0.15, 0.2) is 23.7 Å². The lowest BCUT2D eigenvalue weighted by Gasteiger charge is -2.04. The monoisotopic (exact) mass is 385 g/mol. The minimum absolute atomic E-state index is 0.283. The first-order chi connectivity index (χ1) is 12.6. The van der Waals surface area contributed by atoms with E-state index in [1.807, 2.05) is 42.5 Å². The van der Waals surface area contributed by atoms with Crippen molar-refractivity contribution in [2.45, 2.75) is 0 Å². The lowest BCUT2D eigenvalue weighted by Crippen LogP contribution is -2.24. The summed E-state index contributed by atoms with van der Waals surface area (Å²) in [5, 5.41) is 13.9. The van der Waals surface area contributed by atoms with E-state index in [0.717, 1.165) is 21.9 Å². The summed E-state index contributed by atoms with van der Waals surface area (Å²) in [6, 6.07) is 11.6. The van der Waals surface area contributed by atoms with Crippen molar-refractivity contribution in [3.8, 4) is 5.75 Å². The topological polar surface area (TPSA) is 49.3 Å². The third-order valence-corrected chi connectivity index (χ3v) is 4.77. The molecule has 4 nitrogen and oxygen atoms in total. The molecular weight excluding hydrogens is 373 g/mol. The summed E-state index contributed by atoms with van der Waals surface area (Å²) in [6.07, 6.45) is 6.22. The Kier molecular flexibility index (Phi) is 4.23. The van der Waals surface area contributed by atoms with Crippen LogP contribution in [0.4, 0.5) is 0 Å². The van der Waals surface area contributed by atoms with E-state index in [-0.39, 0.29) is 10.0 Å². The molecule has 130 valence electrons. The largest absolute Gasteiger partial charge is 0.619 e. The van der Waals surface area contributed by atoms with Crippen molar-refractivity contribution in [2.75, 3.05) is 7.11 Å². The smallest absolute Gasteiger partial charge is 0.199 e. The molecule has 0 aliphatic rings. The summed E-state index contributed by atoms with van der Waals surface area (Å²) in [4.78, 5) is 0. The second kappa shape index (κ2) is 6.56. The number of fused-ring (bicyclic) bond motifs is 3. The SMILES string of the molecule is COc1ccc(C=Cc2c(Cl)c[n+]([O-])cc2Cl)c2c1oc1ccccc12. The highest BCUT2D eigenvalue weighted by Crippen LogP contribution is 2.38. The van der Waals surface area contributed by atoms with Crippen molar-refractivity contribution < 1.29 is 13.9 Å². The maximum absolute atomic E-state index is 11.4. The van der Waals surface area contributed by atoms with Crippen LogP contribution in [0.25, 0.3) is 34.1 Å². The average Bonchev–Trinajstić information content (AvgIpc) is 3.00. The predicted octanol–water partition coefficient (Wildman–Crippen LogP) is 5.71. The van der Waals surface area contributed by atoms with Crippen molar-refractivity contribution >= 4 is 57.3 Å².